The topological polar surface area (TPSA) is 58.6 Å². The van der Waals surface area contributed by atoms with Crippen molar-refractivity contribution in [3.8, 4) is 0 Å². The summed E-state index contributed by atoms with van der Waals surface area (Å²) in [6.07, 6.45) is 4.15. The largest absolute Gasteiger partial charge is 0.389 e. The summed E-state index contributed by atoms with van der Waals surface area (Å²) in [6, 6.07) is 19.6. The molecule has 0 radical (unpaired) electrons. The van der Waals surface area contributed by atoms with Crippen LogP contribution in [0.1, 0.15) is 41.6 Å². The molecule has 0 bridgehead atoms. The monoisotopic (exact) mass is 367 g/mol. The summed E-state index contributed by atoms with van der Waals surface area (Å²) in [7, 11) is 0. The molecule has 0 heterocycles. The second-order valence-electron chi connectivity index (χ2n) is 7.29. The fourth-order valence-electron chi connectivity index (χ4n) is 3.56. The van der Waals surface area contributed by atoms with Crippen LogP contribution in [0.3, 0.4) is 0 Å². The molecular weight excluding hydrogens is 338 g/mol. The van der Waals surface area contributed by atoms with Gasteiger partial charge in [-0.15, -0.1) is 0 Å². The van der Waals surface area contributed by atoms with E-state index in [9.17, 15) is 9.90 Å². The molecule has 4 nitrogen and oxygen atoms in total. The number of hydrogen-bond acceptors (Lipinski definition) is 4. The molecule has 2 atom stereocenters. The summed E-state index contributed by atoms with van der Waals surface area (Å²) in [6.45, 7) is 0.651. The summed E-state index contributed by atoms with van der Waals surface area (Å²) < 4.78 is 5.90. The van der Waals surface area contributed by atoms with Gasteiger partial charge < -0.3 is 15.2 Å². The maximum atomic E-state index is 12.9. The second kappa shape index (κ2) is 10.4. The van der Waals surface area contributed by atoms with E-state index in [0.29, 0.717) is 24.6 Å². The van der Waals surface area contributed by atoms with Crippen molar-refractivity contribution in [1.82, 2.24) is 5.32 Å². The zero-order valence-corrected chi connectivity index (χ0v) is 15.7. The van der Waals surface area contributed by atoms with Gasteiger partial charge in [0.25, 0.3) is 0 Å². The summed E-state index contributed by atoms with van der Waals surface area (Å²) in [5.41, 5.74) is 1.68. The molecule has 0 aliphatic heterocycles. The van der Waals surface area contributed by atoms with Crippen molar-refractivity contribution in [3.63, 3.8) is 0 Å². The number of ether oxygens (including phenoxy) is 1. The Kier molecular flexibility index (Phi) is 7.57. The molecule has 1 fully saturated rings. The van der Waals surface area contributed by atoms with Crippen LogP contribution in [-0.2, 0) is 11.2 Å². The lowest BCUT2D eigenvalue weighted by Gasteiger charge is -2.21. The Bertz CT molecular complexity index is 683. The molecule has 144 valence electrons. The lowest BCUT2D eigenvalue weighted by atomic mass is 10.00. The fraction of sp³-hybridized carbons (Fsp3) is 0.435. The summed E-state index contributed by atoms with van der Waals surface area (Å²) in [4.78, 5) is 12.9. The predicted molar refractivity (Wildman–Crippen MR) is 107 cm³/mol. The van der Waals surface area contributed by atoms with Gasteiger partial charge in [0.2, 0.25) is 0 Å². The molecule has 2 unspecified atom stereocenters. The predicted octanol–water partition coefficient (Wildman–Crippen LogP) is 3.39. The highest BCUT2D eigenvalue weighted by Gasteiger charge is 2.23. The molecule has 3 rings (SSSR count). The normalized spacial score (nSPS) is 16.9. The standard InChI is InChI=1S/C23H29NO3/c25-21(16-24-20-13-7-8-14-20)17-27-22(15-18-9-3-1-4-10-18)23(26)19-11-5-2-6-12-19/h1-6,9-12,20-22,24-25H,7-8,13-17H2. The zero-order valence-electron chi connectivity index (χ0n) is 15.7. The minimum atomic E-state index is -0.618. The van der Waals surface area contributed by atoms with E-state index in [2.05, 4.69) is 5.32 Å². The molecule has 2 N–H and O–H groups in total. The number of carbonyl (C=O) groups is 1. The molecular formula is C23H29NO3. The first-order chi connectivity index (χ1) is 13.2. The van der Waals surface area contributed by atoms with Crippen LogP contribution in [0, 0.1) is 0 Å². The Labute approximate surface area is 161 Å². The highest BCUT2D eigenvalue weighted by atomic mass is 16.5. The lowest BCUT2D eigenvalue weighted by Crippen LogP contribution is -2.38. The Balaban J connectivity index is 1.58. The van der Waals surface area contributed by atoms with E-state index in [4.69, 9.17) is 4.74 Å². The van der Waals surface area contributed by atoms with Gasteiger partial charge in [-0.3, -0.25) is 4.79 Å². The van der Waals surface area contributed by atoms with Crippen molar-refractivity contribution in [2.75, 3.05) is 13.2 Å². The molecule has 2 aromatic carbocycles. The maximum absolute atomic E-state index is 12.9. The van der Waals surface area contributed by atoms with E-state index in [1.54, 1.807) is 0 Å². The highest BCUT2D eigenvalue weighted by molar-refractivity contribution is 5.99. The van der Waals surface area contributed by atoms with Gasteiger partial charge in [-0.05, 0) is 18.4 Å². The van der Waals surface area contributed by atoms with Crippen LogP contribution < -0.4 is 5.32 Å². The third kappa shape index (κ3) is 6.28. The van der Waals surface area contributed by atoms with Gasteiger partial charge in [-0.25, -0.2) is 0 Å². The van der Waals surface area contributed by atoms with Crippen molar-refractivity contribution < 1.29 is 14.6 Å². The van der Waals surface area contributed by atoms with Crippen LogP contribution in [0.4, 0.5) is 0 Å². The first-order valence-corrected chi connectivity index (χ1v) is 9.88. The van der Waals surface area contributed by atoms with Crippen LogP contribution in [-0.4, -0.2) is 42.3 Å². The summed E-state index contributed by atoms with van der Waals surface area (Å²) in [5.74, 6) is -0.0459. The van der Waals surface area contributed by atoms with Crippen LogP contribution in [0.25, 0.3) is 0 Å². The average molecular weight is 367 g/mol. The van der Waals surface area contributed by atoms with Gasteiger partial charge in [0.05, 0.1) is 12.7 Å². The number of hydrogen-bond donors (Lipinski definition) is 2. The third-order valence-corrected chi connectivity index (χ3v) is 5.10. The van der Waals surface area contributed by atoms with E-state index in [1.165, 1.54) is 25.7 Å². The minimum Gasteiger partial charge on any atom is -0.389 e. The number of aliphatic hydroxyl groups is 1. The minimum absolute atomic E-state index is 0.0459. The molecule has 1 aliphatic carbocycles. The maximum Gasteiger partial charge on any atom is 0.191 e. The van der Waals surface area contributed by atoms with Crippen molar-refractivity contribution in [2.24, 2.45) is 0 Å². The third-order valence-electron chi connectivity index (χ3n) is 5.10. The number of aliphatic hydroxyl groups excluding tert-OH is 1. The zero-order chi connectivity index (χ0) is 18.9. The SMILES string of the molecule is O=C(c1ccccc1)C(Cc1ccccc1)OCC(O)CNC1CCCC1. The Morgan fingerprint density at radius 2 is 1.67 bits per heavy atom. The molecule has 27 heavy (non-hydrogen) atoms. The Morgan fingerprint density at radius 3 is 2.33 bits per heavy atom. The molecule has 0 amide bonds. The van der Waals surface area contributed by atoms with Crippen molar-refractivity contribution in [3.05, 3.63) is 71.8 Å². The van der Waals surface area contributed by atoms with E-state index >= 15 is 0 Å². The van der Waals surface area contributed by atoms with Gasteiger partial charge >= 0.3 is 0 Å². The first-order valence-electron chi connectivity index (χ1n) is 9.88. The fourth-order valence-corrected chi connectivity index (χ4v) is 3.56. The summed E-state index contributed by atoms with van der Waals surface area (Å²) >= 11 is 0. The van der Waals surface area contributed by atoms with Crippen LogP contribution in [0.15, 0.2) is 60.7 Å². The van der Waals surface area contributed by atoms with Gasteiger partial charge in [0.15, 0.2) is 5.78 Å². The molecule has 0 saturated heterocycles. The smallest absolute Gasteiger partial charge is 0.191 e. The number of ketones is 1. The number of nitrogens with one attached hydrogen (secondary N) is 1. The second-order valence-corrected chi connectivity index (χ2v) is 7.29. The number of rotatable bonds is 10. The van der Waals surface area contributed by atoms with E-state index in [0.717, 1.165) is 5.56 Å². The van der Waals surface area contributed by atoms with Gasteiger partial charge in [0.1, 0.15) is 6.10 Å². The van der Waals surface area contributed by atoms with E-state index in [-0.39, 0.29) is 12.4 Å². The van der Waals surface area contributed by atoms with Crippen LogP contribution in [0.2, 0.25) is 0 Å². The van der Waals surface area contributed by atoms with Gasteiger partial charge in [-0.2, -0.15) is 0 Å². The molecule has 1 saturated carbocycles. The van der Waals surface area contributed by atoms with E-state index < -0.39 is 12.2 Å². The van der Waals surface area contributed by atoms with Crippen molar-refractivity contribution >= 4 is 5.78 Å². The molecule has 0 spiro atoms. The molecule has 2 aromatic rings. The molecule has 1 aliphatic rings. The van der Waals surface area contributed by atoms with Gasteiger partial charge in [0, 0.05) is 24.6 Å². The van der Waals surface area contributed by atoms with Gasteiger partial charge in [-0.1, -0.05) is 73.5 Å². The lowest BCUT2D eigenvalue weighted by molar-refractivity contribution is -0.00237. The quantitative estimate of drug-likeness (QED) is 0.632. The first kappa shape index (κ1) is 19.7. The van der Waals surface area contributed by atoms with E-state index in [1.807, 2.05) is 60.7 Å². The molecule has 0 aromatic heterocycles. The van der Waals surface area contributed by atoms with Crippen molar-refractivity contribution in [1.29, 1.82) is 0 Å². The Morgan fingerprint density at radius 1 is 1.04 bits per heavy atom. The number of carbonyl (C=O) groups excluding carboxylic acids is 1. The number of benzene rings is 2. The van der Waals surface area contributed by atoms with Crippen LogP contribution in [0.5, 0.6) is 0 Å². The average Bonchev–Trinajstić information content (AvgIpc) is 3.24. The summed E-state index contributed by atoms with van der Waals surface area (Å²) in [5, 5.41) is 13.7. The van der Waals surface area contributed by atoms with Crippen molar-refractivity contribution in [2.45, 2.75) is 50.4 Å². The number of Topliss-reactive ketones (excluding diaryl/α,β-unsaturated/α-hetero) is 1. The Hall–Kier alpha value is -2.01. The highest BCUT2D eigenvalue weighted by Crippen LogP contribution is 2.17. The molecule has 4 heteroatoms. The van der Waals surface area contributed by atoms with Crippen LogP contribution >= 0.6 is 0 Å².